The summed E-state index contributed by atoms with van der Waals surface area (Å²) >= 11 is 6.05. The van der Waals surface area contributed by atoms with E-state index in [0.29, 0.717) is 27.9 Å². The number of carbonyl (C=O) groups is 1. The number of rotatable bonds is 4. The Balaban J connectivity index is 1.54. The van der Waals surface area contributed by atoms with Gasteiger partial charge in [0, 0.05) is 11.6 Å². The summed E-state index contributed by atoms with van der Waals surface area (Å²) in [5.74, 6) is 0.886. The molecule has 0 radical (unpaired) electrons. The highest BCUT2D eigenvalue weighted by molar-refractivity contribution is 6.32. The molecule has 2 aromatic carbocycles. The Bertz CT molecular complexity index is 1070. The minimum atomic E-state index is -0.373. The number of anilines is 1. The van der Waals surface area contributed by atoms with Crippen LogP contribution in [-0.2, 0) is 0 Å². The van der Waals surface area contributed by atoms with Gasteiger partial charge in [0.2, 0.25) is 5.88 Å². The molecule has 2 aromatic heterocycles. The van der Waals surface area contributed by atoms with Gasteiger partial charge >= 0.3 is 0 Å². The number of hydrogen-bond donors (Lipinski definition) is 2. The van der Waals surface area contributed by atoms with Crippen molar-refractivity contribution < 1.29 is 14.1 Å². The average Bonchev–Trinajstić information content (AvgIpc) is 3.28. The average molecular weight is 369 g/mol. The molecule has 0 saturated carbocycles. The summed E-state index contributed by atoms with van der Waals surface area (Å²) in [6.45, 7) is 0. The molecule has 26 heavy (non-hydrogen) atoms. The van der Waals surface area contributed by atoms with Gasteiger partial charge in [0.1, 0.15) is 5.75 Å². The van der Waals surface area contributed by atoms with E-state index in [-0.39, 0.29) is 11.8 Å². The van der Waals surface area contributed by atoms with Crippen LogP contribution in [0, 0.1) is 0 Å². The Kier molecular flexibility index (Phi) is 4.06. The van der Waals surface area contributed by atoms with Crippen LogP contribution in [0.15, 0.2) is 53.1 Å². The number of nitrogens with one attached hydrogen (secondary N) is 2. The van der Waals surface area contributed by atoms with E-state index in [4.69, 9.17) is 20.9 Å². The Morgan fingerprint density at radius 3 is 2.85 bits per heavy atom. The van der Waals surface area contributed by atoms with Crippen molar-refractivity contribution >= 4 is 34.4 Å². The first kappa shape index (κ1) is 16.2. The predicted molar refractivity (Wildman–Crippen MR) is 97.5 cm³/mol. The summed E-state index contributed by atoms with van der Waals surface area (Å²) in [6.07, 6.45) is 0. The van der Waals surface area contributed by atoms with E-state index in [0.717, 1.165) is 11.0 Å². The van der Waals surface area contributed by atoms with Gasteiger partial charge in [-0.1, -0.05) is 28.9 Å². The summed E-state index contributed by atoms with van der Waals surface area (Å²) in [7, 11) is 1.51. The molecule has 0 bridgehead atoms. The molecular formula is C18H13ClN4O3. The van der Waals surface area contributed by atoms with E-state index >= 15 is 0 Å². The third kappa shape index (κ3) is 3.00. The highest BCUT2D eigenvalue weighted by Crippen LogP contribution is 2.26. The Labute approximate surface area is 152 Å². The van der Waals surface area contributed by atoms with Gasteiger partial charge in [-0.3, -0.25) is 10.1 Å². The monoisotopic (exact) mass is 368 g/mol. The third-order valence-electron chi connectivity index (χ3n) is 3.79. The molecule has 0 aliphatic carbocycles. The molecule has 8 heteroatoms. The van der Waals surface area contributed by atoms with E-state index in [9.17, 15) is 4.79 Å². The first-order chi connectivity index (χ1) is 12.6. The number of aromatic nitrogens is 3. The topological polar surface area (TPSA) is 93.0 Å². The second kappa shape index (κ2) is 6.53. The van der Waals surface area contributed by atoms with Gasteiger partial charge in [-0.25, -0.2) is 4.98 Å². The zero-order valence-electron chi connectivity index (χ0n) is 13.6. The van der Waals surface area contributed by atoms with Crippen LogP contribution >= 0.6 is 11.6 Å². The van der Waals surface area contributed by atoms with Crippen LogP contribution in [0.1, 0.15) is 10.4 Å². The number of H-pyrrole nitrogens is 1. The molecule has 1 amide bonds. The van der Waals surface area contributed by atoms with Crippen LogP contribution in [0.2, 0.25) is 5.02 Å². The third-order valence-corrected chi connectivity index (χ3v) is 4.09. The van der Waals surface area contributed by atoms with E-state index in [1.54, 1.807) is 18.2 Å². The van der Waals surface area contributed by atoms with E-state index in [1.807, 2.05) is 24.3 Å². The summed E-state index contributed by atoms with van der Waals surface area (Å²) in [5.41, 5.74) is 2.58. The smallest absolute Gasteiger partial charge is 0.258 e. The predicted octanol–water partition coefficient (Wildman–Crippen LogP) is 4.13. The Morgan fingerprint density at radius 2 is 2.08 bits per heavy atom. The summed E-state index contributed by atoms with van der Waals surface area (Å²) in [6, 6.07) is 14.0. The number of ether oxygens (including phenoxy) is 1. The zero-order chi connectivity index (χ0) is 18.1. The molecule has 4 rings (SSSR count). The lowest BCUT2D eigenvalue weighted by molar-refractivity contribution is 0.102. The van der Waals surface area contributed by atoms with Crippen molar-refractivity contribution in [3.63, 3.8) is 0 Å². The van der Waals surface area contributed by atoms with E-state index in [1.165, 1.54) is 13.2 Å². The fourth-order valence-corrected chi connectivity index (χ4v) is 2.77. The number of benzene rings is 2. The molecule has 0 saturated heterocycles. The number of amides is 1. The number of aromatic amines is 1. The summed E-state index contributed by atoms with van der Waals surface area (Å²) < 4.78 is 10.3. The highest BCUT2D eigenvalue weighted by Gasteiger charge is 2.15. The molecule has 7 nitrogen and oxygen atoms in total. The van der Waals surface area contributed by atoms with Crippen LogP contribution in [0.3, 0.4) is 0 Å². The molecule has 2 N–H and O–H groups in total. The van der Waals surface area contributed by atoms with Crippen molar-refractivity contribution in [2.24, 2.45) is 0 Å². The van der Waals surface area contributed by atoms with Crippen molar-refractivity contribution in [3.05, 3.63) is 59.1 Å². The van der Waals surface area contributed by atoms with Gasteiger partial charge in [-0.05, 0) is 30.3 Å². The van der Waals surface area contributed by atoms with Gasteiger partial charge < -0.3 is 14.2 Å². The minimum Gasteiger partial charge on any atom is -0.495 e. The molecule has 2 heterocycles. The minimum absolute atomic E-state index is 0.206. The lowest BCUT2D eigenvalue weighted by Crippen LogP contribution is -2.11. The van der Waals surface area contributed by atoms with Gasteiger partial charge in [0.25, 0.3) is 5.91 Å². The molecule has 130 valence electrons. The number of fused-ring (bicyclic) bond motifs is 1. The van der Waals surface area contributed by atoms with Gasteiger partial charge in [0.15, 0.2) is 11.5 Å². The summed E-state index contributed by atoms with van der Waals surface area (Å²) in [4.78, 5) is 19.9. The lowest BCUT2D eigenvalue weighted by Gasteiger charge is -2.05. The normalized spacial score (nSPS) is 10.8. The van der Waals surface area contributed by atoms with E-state index in [2.05, 4.69) is 20.4 Å². The second-order valence-electron chi connectivity index (χ2n) is 5.48. The first-order valence-electron chi connectivity index (χ1n) is 7.71. The molecule has 4 aromatic rings. The second-order valence-corrected chi connectivity index (χ2v) is 5.89. The number of imidazole rings is 1. The van der Waals surface area contributed by atoms with Gasteiger partial charge in [-0.15, -0.1) is 0 Å². The van der Waals surface area contributed by atoms with Crippen LogP contribution < -0.4 is 10.1 Å². The molecule has 0 unspecified atom stereocenters. The van der Waals surface area contributed by atoms with Crippen LogP contribution in [0.4, 0.5) is 5.88 Å². The van der Waals surface area contributed by atoms with Crippen molar-refractivity contribution in [1.29, 1.82) is 0 Å². The maximum Gasteiger partial charge on any atom is 0.258 e. The van der Waals surface area contributed by atoms with Crippen molar-refractivity contribution in [2.75, 3.05) is 12.4 Å². The number of carbonyl (C=O) groups excluding carboxylic acids is 1. The van der Waals surface area contributed by atoms with Crippen molar-refractivity contribution in [3.8, 4) is 17.3 Å². The number of methoxy groups -OCH3 is 1. The number of nitrogens with zero attached hydrogens (tertiary/aromatic N) is 2. The van der Waals surface area contributed by atoms with Crippen LogP contribution in [0.5, 0.6) is 5.75 Å². The number of para-hydroxylation sites is 2. The Morgan fingerprint density at radius 1 is 1.23 bits per heavy atom. The van der Waals surface area contributed by atoms with Crippen molar-refractivity contribution in [2.45, 2.75) is 0 Å². The Hall–Kier alpha value is -3.32. The van der Waals surface area contributed by atoms with Crippen molar-refractivity contribution in [1.82, 2.24) is 15.1 Å². The fraction of sp³-hybridized carbons (Fsp3) is 0.0556. The summed E-state index contributed by atoms with van der Waals surface area (Å²) in [5, 5.41) is 6.93. The zero-order valence-corrected chi connectivity index (χ0v) is 14.4. The quantitative estimate of drug-likeness (QED) is 0.565. The van der Waals surface area contributed by atoms with Crippen LogP contribution in [0.25, 0.3) is 22.6 Å². The lowest BCUT2D eigenvalue weighted by atomic mass is 10.2. The van der Waals surface area contributed by atoms with Gasteiger partial charge in [-0.2, -0.15) is 0 Å². The fourth-order valence-electron chi connectivity index (χ4n) is 2.51. The SMILES string of the molecule is COc1ccc(C(=O)Nc2cc(-c3nc4ccccc4[nH]3)no2)cc1Cl. The largest absolute Gasteiger partial charge is 0.495 e. The molecule has 0 spiro atoms. The molecule has 0 fully saturated rings. The molecule has 0 aliphatic heterocycles. The number of halogens is 1. The first-order valence-corrected chi connectivity index (χ1v) is 8.08. The van der Waals surface area contributed by atoms with Gasteiger partial charge in [0.05, 0.1) is 23.2 Å². The van der Waals surface area contributed by atoms with E-state index < -0.39 is 0 Å². The maximum absolute atomic E-state index is 12.3. The van der Waals surface area contributed by atoms with Crippen LogP contribution in [-0.4, -0.2) is 28.1 Å². The standard InChI is InChI=1S/C18H13ClN4O3/c1-25-15-7-6-10(8-11(15)19)18(24)22-16-9-14(23-26-16)17-20-12-4-2-3-5-13(12)21-17/h2-9H,1H3,(H,20,21)(H,22,24). The maximum atomic E-state index is 12.3. The molecular weight excluding hydrogens is 356 g/mol. The molecule has 0 aliphatic rings. The number of hydrogen-bond acceptors (Lipinski definition) is 5. The highest BCUT2D eigenvalue weighted by atomic mass is 35.5. The molecule has 0 atom stereocenters.